The van der Waals surface area contributed by atoms with E-state index in [2.05, 4.69) is 16.3 Å². The van der Waals surface area contributed by atoms with Gasteiger partial charge in [-0.05, 0) is 37.7 Å². The molecule has 1 atom stereocenters. The average molecular weight is 334 g/mol. The summed E-state index contributed by atoms with van der Waals surface area (Å²) in [5, 5.41) is 5.03. The third-order valence-electron chi connectivity index (χ3n) is 3.56. The minimum atomic E-state index is -0.148. The number of likely N-dealkylation sites (N-methyl/N-ethyl adjacent to an activating group) is 1. The Morgan fingerprint density at radius 2 is 1.87 bits per heavy atom. The number of hydrogen-bond acceptors (Lipinski definition) is 5. The number of carbonyl (C=O) groups is 1. The number of benzene rings is 1. The first-order chi connectivity index (χ1) is 11.0. The quantitative estimate of drug-likeness (QED) is 0.846. The monoisotopic (exact) mass is 334 g/mol. The molecule has 0 unspecified atom stereocenters. The number of rotatable bonds is 7. The number of methoxy groups -OCH3 is 2. The Morgan fingerprint density at radius 1 is 1.22 bits per heavy atom. The van der Waals surface area contributed by atoms with Gasteiger partial charge in [0.15, 0.2) is 0 Å². The van der Waals surface area contributed by atoms with E-state index in [1.54, 1.807) is 43.8 Å². The number of carbonyl (C=O) groups excluding carboxylic acids is 1. The second-order valence-corrected chi connectivity index (χ2v) is 6.29. The van der Waals surface area contributed by atoms with Crippen LogP contribution in [-0.2, 0) is 0 Å². The molecule has 1 aromatic carbocycles. The Balaban J connectivity index is 2.09. The van der Waals surface area contributed by atoms with Crippen molar-refractivity contribution in [2.45, 2.75) is 6.04 Å². The Labute approximate surface area is 140 Å². The van der Waals surface area contributed by atoms with Crippen LogP contribution in [0.4, 0.5) is 0 Å². The fourth-order valence-electron chi connectivity index (χ4n) is 2.25. The number of hydrogen-bond donors (Lipinski definition) is 1. The van der Waals surface area contributed by atoms with Crippen LogP contribution in [0.3, 0.4) is 0 Å². The SMILES string of the molecule is COc1cc(OC)cc(C(=O)NC[C@@H](c2cccs2)N(C)C)c1. The van der Waals surface area contributed by atoms with E-state index in [9.17, 15) is 4.79 Å². The predicted molar refractivity (Wildman–Crippen MR) is 92.6 cm³/mol. The van der Waals surface area contributed by atoms with Crippen LogP contribution in [0.15, 0.2) is 35.7 Å². The fraction of sp³-hybridized carbons (Fsp3) is 0.353. The fourth-order valence-corrected chi connectivity index (χ4v) is 3.17. The van der Waals surface area contributed by atoms with Crippen LogP contribution in [0.25, 0.3) is 0 Å². The molecule has 0 saturated carbocycles. The van der Waals surface area contributed by atoms with E-state index in [1.165, 1.54) is 4.88 Å². The summed E-state index contributed by atoms with van der Waals surface area (Å²) in [7, 11) is 7.14. The summed E-state index contributed by atoms with van der Waals surface area (Å²) in [6.45, 7) is 0.534. The molecule has 23 heavy (non-hydrogen) atoms. The first kappa shape index (κ1) is 17.3. The Kier molecular flexibility index (Phi) is 6.01. The minimum Gasteiger partial charge on any atom is -0.497 e. The molecular formula is C17H22N2O3S. The molecule has 0 spiro atoms. The summed E-state index contributed by atoms with van der Waals surface area (Å²) in [6.07, 6.45) is 0. The van der Waals surface area contributed by atoms with Crippen molar-refractivity contribution in [2.24, 2.45) is 0 Å². The third kappa shape index (κ3) is 4.46. The van der Waals surface area contributed by atoms with Gasteiger partial charge in [0.2, 0.25) is 0 Å². The molecule has 0 fully saturated rings. The maximum atomic E-state index is 12.4. The highest BCUT2D eigenvalue weighted by Gasteiger charge is 2.17. The van der Waals surface area contributed by atoms with Gasteiger partial charge in [-0.3, -0.25) is 4.79 Å². The van der Waals surface area contributed by atoms with Gasteiger partial charge in [0.25, 0.3) is 5.91 Å². The van der Waals surface area contributed by atoms with Gasteiger partial charge in [-0.15, -0.1) is 11.3 Å². The summed E-state index contributed by atoms with van der Waals surface area (Å²) < 4.78 is 10.4. The summed E-state index contributed by atoms with van der Waals surface area (Å²) in [6, 6.07) is 9.39. The van der Waals surface area contributed by atoms with Crippen LogP contribution in [0.5, 0.6) is 11.5 Å². The van der Waals surface area contributed by atoms with E-state index in [4.69, 9.17) is 9.47 Å². The molecule has 1 N–H and O–H groups in total. The molecule has 5 nitrogen and oxygen atoms in total. The summed E-state index contributed by atoms with van der Waals surface area (Å²) in [5.74, 6) is 1.04. The number of thiophene rings is 1. The van der Waals surface area contributed by atoms with Crippen LogP contribution in [0.2, 0.25) is 0 Å². The van der Waals surface area contributed by atoms with Crippen molar-refractivity contribution in [3.8, 4) is 11.5 Å². The lowest BCUT2D eigenvalue weighted by Gasteiger charge is -2.23. The molecule has 1 heterocycles. The van der Waals surface area contributed by atoms with Crippen molar-refractivity contribution in [1.29, 1.82) is 0 Å². The smallest absolute Gasteiger partial charge is 0.251 e. The van der Waals surface area contributed by atoms with E-state index < -0.39 is 0 Å². The molecule has 1 aromatic heterocycles. The first-order valence-electron chi connectivity index (χ1n) is 7.26. The van der Waals surface area contributed by atoms with Crippen molar-refractivity contribution in [1.82, 2.24) is 10.2 Å². The predicted octanol–water partition coefficient (Wildman–Crippen LogP) is 2.80. The molecule has 0 aliphatic heterocycles. The van der Waals surface area contributed by atoms with Gasteiger partial charge in [0, 0.05) is 23.1 Å². The molecule has 1 amide bonds. The average Bonchev–Trinajstić information content (AvgIpc) is 3.08. The van der Waals surface area contributed by atoms with Gasteiger partial charge in [0.1, 0.15) is 11.5 Å². The molecule has 0 saturated heterocycles. The number of nitrogens with one attached hydrogen (secondary N) is 1. The highest BCUT2D eigenvalue weighted by Crippen LogP contribution is 2.24. The van der Waals surface area contributed by atoms with Gasteiger partial charge in [-0.1, -0.05) is 6.07 Å². The number of nitrogens with zero attached hydrogens (tertiary/aromatic N) is 1. The van der Waals surface area contributed by atoms with Gasteiger partial charge in [0.05, 0.1) is 20.3 Å². The van der Waals surface area contributed by atoms with Crippen LogP contribution in [-0.4, -0.2) is 45.7 Å². The van der Waals surface area contributed by atoms with E-state index in [1.807, 2.05) is 25.5 Å². The molecule has 0 aliphatic carbocycles. The second kappa shape index (κ2) is 7.99. The lowest BCUT2D eigenvalue weighted by molar-refractivity contribution is 0.0941. The zero-order valence-corrected chi connectivity index (χ0v) is 14.6. The molecule has 2 rings (SSSR count). The number of ether oxygens (including phenoxy) is 2. The van der Waals surface area contributed by atoms with Crippen molar-refractivity contribution >= 4 is 17.2 Å². The van der Waals surface area contributed by atoms with Crippen LogP contribution in [0.1, 0.15) is 21.3 Å². The van der Waals surface area contributed by atoms with E-state index in [0.29, 0.717) is 23.6 Å². The molecule has 0 radical (unpaired) electrons. The van der Waals surface area contributed by atoms with Crippen LogP contribution < -0.4 is 14.8 Å². The van der Waals surface area contributed by atoms with Crippen LogP contribution in [0, 0.1) is 0 Å². The van der Waals surface area contributed by atoms with E-state index in [0.717, 1.165) is 0 Å². The summed E-state index contributed by atoms with van der Waals surface area (Å²) in [5.41, 5.74) is 0.518. The maximum Gasteiger partial charge on any atom is 0.251 e. The zero-order valence-electron chi connectivity index (χ0n) is 13.8. The largest absolute Gasteiger partial charge is 0.497 e. The third-order valence-corrected chi connectivity index (χ3v) is 4.54. The lowest BCUT2D eigenvalue weighted by atomic mass is 10.1. The normalized spacial score (nSPS) is 12.0. The van der Waals surface area contributed by atoms with E-state index in [-0.39, 0.29) is 11.9 Å². The van der Waals surface area contributed by atoms with Crippen molar-refractivity contribution in [2.75, 3.05) is 34.9 Å². The zero-order chi connectivity index (χ0) is 16.8. The Bertz CT molecular complexity index is 619. The number of amides is 1. The maximum absolute atomic E-state index is 12.4. The highest BCUT2D eigenvalue weighted by atomic mass is 32.1. The molecule has 6 heteroatoms. The molecule has 0 aliphatic rings. The lowest BCUT2D eigenvalue weighted by Crippen LogP contribution is -2.34. The summed E-state index contributed by atoms with van der Waals surface area (Å²) >= 11 is 1.69. The molecule has 124 valence electrons. The standard InChI is InChI=1S/C17H22N2O3S/c1-19(2)15(16-6-5-7-23-16)11-18-17(20)12-8-13(21-3)10-14(9-12)22-4/h5-10,15H,11H2,1-4H3,(H,18,20)/t15-/m0/s1. The second-order valence-electron chi connectivity index (χ2n) is 5.31. The molecular weight excluding hydrogens is 312 g/mol. The van der Waals surface area contributed by atoms with Gasteiger partial charge >= 0.3 is 0 Å². The van der Waals surface area contributed by atoms with Gasteiger partial charge in [-0.2, -0.15) is 0 Å². The highest BCUT2D eigenvalue weighted by molar-refractivity contribution is 7.10. The summed E-state index contributed by atoms with van der Waals surface area (Å²) in [4.78, 5) is 15.8. The molecule has 0 bridgehead atoms. The van der Waals surface area contributed by atoms with Crippen molar-refractivity contribution < 1.29 is 14.3 Å². The Morgan fingerprint density at radius 3 is 2.35 bits per heavy atom. The van der Waals surface area contributed by atoms with Gasteiger partial charge < -0.3 is 19.7 Å². The Hall–Kier alpha value is -2.05. The molecule has 2 aromatic rings. The van der Waals surface area contributed by atoms with E-state index >= 15 is 0 Å². The topological polar surface area (TPSA) is 50.8 Å². The van der Waals surface area contributed by atoms with Crippen molar-refractivity contribution in [3.05, 3.63) is 46.2 Å². The van der Waals surface area contributed by atoms with Crippen molar-refractivity contribution in [3.63, 3.8) is 0 Å². The van der Waals surface area contributed by atoms with Gasteiger partial charge in [-0.25, -0.2) is 0 Å². The first-order valence-corrected chi connectivity index (χ1v) is 8.14. The van der Waals surface area contributed by atoms with Crippen LogP contribution >= 0.6 is 11.3 Å². The minimum absolute atomic E-state index is 0.145.